The summed E-state index contributed by atoms with van der Waals surface area (Å²) in [6.45, 7) is 0. The van der Waals surface area contributed by atoms with E-state index in [4.69, 9.17) is 0 Å². The first-order chi connectivity index (χ1) is 10.9. The average Bonchev–Trinajstić information content (AvgIpc) is 3.22. The summed E-state index contributed by atoms with van der Waals surface area (Å²) in [4.78, 5) is 15.7. The molecule has 0 spiro atoms. The molecular formula is C18H27NO3S. The van der Waals surface area contributed by atoms with E-state index in [0.717, 1.165) is 49.9 Å². The van der Waals surface area contributed by atoms with Crippen LogP contribution in [-0.2, 0) is 14.6 Å². The van der Waals surface area contributed by atoms with Crippen LogP contribution in [0.1, 0.15) is 57.8 Å². The van der Waals surface area contributed by atoms with Gasteiger partial charge in [0, 0.05) is 12.1 Å². The average molecular weight is 337 g/mol. The number of hydrogen-bond donors (Lipinski definition) is 0. The Kier molecular flexibility index (Phi) is 3.04. The Bertz CT molecular complexity index is 601. The van der Waals surface area contributed by atoms with E-state index in [-0.39, 0.29) is 23.0 Å². The van der Waals surface area contributed by atoms with E-state index < -0.39 is 9.84 Å². The molecule has 0 aromatic heterocycles. The first-order valence-corrected chi connectivity index (χ1v) is 11.3. The molecule has 1 heterocycles. The van der Waals surface area contributed by atoms with Gasteiger partial charge in [-0.1, -0.05) is 0 Å². The smallest absolute Gasteiger partial charge is 0.229 e. The van der Waals surface area contributed by atoms with E-state index in [0.29, 0.717) is 18.4 Å². The normalized spacial score (nSPS) is 47.0. The van der Waals surface area contributed by atoms with Crippen LogP contribution in [-0.4, -0.2) is 42.8 Å². The summed E-state index contributed by atoms with van der Waals surface area (Å²) in [6.07, 6.45) is 10.1. The highest BCUT2D eigenvalue weighted by Gasteiger charge is 2.57. The summed E-state index contributed by atoms with van der Waals surface area (Å²) < 4.78 is 23.8. The van der Waals surface area contributed by atoms with Crippen molar-refractivity contribution in [2.75, 3.05) is 11.5 Å². The first-order valence-electron chi connectivity index (χ1n) is 9.47. The van der Waals surface area contributed by atoms with Crippen LogP contribution in [0, 0.1) is 23.2 Å². The molecule has 5 saturated carbocycles. The van der Waals surface area contributed by atoms with Gasteiger partial charge in [-0.05, 0) is 75.5 Å². The molecule has 1 aliphatic heterocycles. The molecule has 5 aliphatic carbocycles. The summed E-state index contributed by atoms with van der Waals surface area (Å²) in [5, 5.41) is 0. The number of carbonyl (C=O) groups excluding carboxylic acids is 1. The van der Waals surface area contributed by atoms with Gasteiger partial charge < -0.3 is 4.90 Å². The van der Waals surface area contributed by atoms with Crippen LogP contribution >= 0.6 is 0 Å². The Hall–Kier alpha value is -0.580. The topological polar surface area (TPSA) is 54.5 Å². The van der Waals surface area contributed by atoms with Crippen molar-refractivity contribution in [2.45, 2.75) is 69.9 Å². The molecule has 23 heavy (non-hydrogen) atoms. The van der Waals surface area contributed by atoms with Crippen molar-refractivity contribution in [1.29, 1.82) is 0 Å². The van der Waals surface area contributed by atoms with Crippen molar-refractivity contribution in [3.8, 4) is 0 Å². The van der Waals surface area contributed by atoms with E-state index in [9.17, 15) is 13.2 Å². The fourth-order valence-electron chi connectivity index (χ4n) is 6.62. The molecule has 128 valence electrons. The summed E-state index contributed by atoms with van der Waals surface area (Å²) >= 11 is 0. The number of hydrogen-bond acceptors (Lipinski definition) is 3. The van der Waals surface area contributed by atoms with Crippen LogP contribution in [0.4, 0.5) is 0 Å². The molecule has 4 nitrogen and oxygen atoms in total. The number of sulfone groups is 1. The molecule has 0 aromatic rings. The molecule has 1 amide bonds. The molecule has 0 aromatic carbocycles. The molecular weight excluding hydrogens is 310 g/mol. The van der Waals surface area contributed by atoms with Gasteiger partial charge in [0.2, 0.25) is 5.91 Å². The SMILES string of the molecule is O=C(N(C1CC1)C1CCS(=O)(=O)C1)C12CC3CC(CC(C3)C1)C2. The van der Waals surface area contributed by atoms with Gasteiger partial charge in [-0.25, -0.2) is 8.42 Å². The summed E-state index contributed by atoms with van der Waals surface area (Å²) in [5.41, 5.74) is -0.121. The molecule has 6 aliphatic rings. The van der Waals surface area contributed by atoms with Gasteiger partial charge in [0.25, 0.3) is 0 Å². The monoisotopic (exact) mass is 337 g/mol. The molecule has 1 unspecified atom stereocenters. The maximum absolute atomic E-state index is 13.6. The van der Waals surface area contributed by atoms with Crippen molar-refractivity contribution < 1.29 is 13.2 Å². The van der Waals surface area contributed by atoms with Gasteiger partial charge in [0.15, 0.2) is 9.84 Å². The third-order valence-corrected chi connectivity index (χ3v) is 9.02. The number of nitrogens with zero attached hydrogens (tertiary/aromatic N) is 1. The number of amides is 1. The van der Waals surface area contributed by atoms with Gasteiger partial charge in [-0.3, -0.25) is 4.79 Å². The van der Waals surface area contributed by atoms with Crippen LogP contribution in [0.2, 0.25) is 0 Å². The second-order valence-electron chi connectivity index (χ2n) is 9.20. The lowest BCUT2D eigenvalue weighted by atomic mass is 9.49. The fourth-order valence-corrected chi connectivity index (χ4v) is 8.34. The van der Waals surface area contributed by atoms with Crippen LogP contribution < -0.4 is 0 Å². The van der Waals surface area contributed by atoms with Crippen LogP contribution in [0.5, 0.6) is 0 Å². The Morgan fingerprint density at radius 3 is 1.87 bits per heavy atom. The second-order valence-corrected chi connectivity index (χ2v) is 11.4. The highest BCUT2D eigenvalue weighted by atomic mass is 32.2. The standard InChI is InChI=1S/C18H27NO3S/c20-17(18-8-12-5-13(9-18)7-14(6-12)10-18)19(15-1-2-15)16-3-4-23(21,22)11-16/h12-16H,1-11H2. The summed E-state index contributed by atoms with van der Waals surface area (Å²) in [6, 6.07) is 0.307. The van der Waals surface area contributed by atoms with E-state index >= 15 is 0 Å². The highest BCUT2D eigenvalue weighted by molar-refractivity contribution is 7.91. The summed E-state index contributed by atoms with van der Waals surface area (Å²) in [5.74, 6) is 3.12. The van der Waals surface area contributed by atoms with Crippen molar-refractivity contribution in [3.63, 3.8) is 0 Å². The van der Waals surface area contributed by atoms with Gasteiger partial charge in [0.1, 0.15) is 0 Å². The van der Waals surface area contributed by atoms with E-state index in [1.54, 1.807) is 0 Å². The van der Waals surface area contributed by atoms with Gasteiger partial charge in [-0.15, -0.1) is 0 Å². The third-order valence-electron chi connectivity index (χ3n) is 7.27. The van der Waals surface area contributed by atoms with Crippen LogP contribution in [0.15, 0.2) is 0 Å². The molecule has 1 atom stereocenters. The zero-order chi connectivity index (χ0) is 15.8. The molecule has 0 radical (unpaired) electrons. The minimum Gasteiger partial charge on any atom is -0.335 e. The Morgan fingerprint density at radius 2 is 1.43 bits per heavy atom. The van der Waals surface area contributed by atoms with Crippen LogP contribution in [0.3, 0.4) is 0 Å². The van der Waals surface area contributed by atoms with Crippen LogP contribution in [0.25, 0.3) is 0 Å². The van der Waals surface area contributed by atoms with Crippen molar-refractivity contribution in [1.82, 2.24) is 4.90 Å². The zero-order valence-corrected chi connectivity index (χ0v) is 14.6. The molecule has 0 N–H and O–H groups in total. The first kappa shape index (κ1) is 14.7. The largest absolute Gasteiger partial charge is 0.335 e. The van der Waals surface area contributed by atoms with Gasteiger partial charge >= 0.3 is 0 Å². The molecule has 4 bridgehead atoms. The second kappa shape index (κ2) is 4.74. The minimum atomic E-state index is -2.93. The molecule has 6 fully saturated rings. The Balaban J connectivity index is 1.44. The fraction of sp³-hybridized carbons (Fsp3) is 0.944. The predicted molar refractivity (Wildman–Crippen MR) is 87.5 cm³/mol. The summed E-state index contributed by atoms with van der Waals surface area (Å²) in [7, 11) is -2.93. The van der Waals surface area contributed by atoms with Gasteiger partial charge in [-0.2, -0.15) is 0 Å². The van der Waals surface area contributed by atoms with Crippen molar-refractivity contribution in [3.05, 3.63) is 0 Å². The lowest BCUT2D eigenvalue weighted by molar-refractivity contribution is -0.160. The lowest BCUT2D eigenvalue weighted by Crippen LogP contribution is -2.57. The lowest BCUT2D eigenvalue weighted by Gasteiger charge is -2.57. The third kappa shape index (κ3) is 2.37. The number of rotatable bonds is 3. The van der Waals surface area contributed by atoms with E-state index in [1.807, 2.05) is 0 Å². The Labute approximate surface area is 138 Å². The molecule has 6 rings (SSSR count). The minimum absolute atomic E-state index is 0.0343. The predicted octanol–water partition coefficient (Wildman–Crippen LogP) is 2.38. The molecule has 1 saturated heterocycles. The maximum Gasteiger partial charge on any atom is 0.229 e. The van der Waals surface area contributed by atoms with Crippen molar-refractivity contribution >= 4 is 15.7 Å². The van der Waals surface area contributed by atoms with E-state index in [1.165, 1.54) is 19.3 Å². The highest BCUT2D eigenvalue weighted by Crippen LogP contribution is 2.61. The molecule has 5 heteroatoms. The quantitative estimate of drug-likeness (QED) is 0.794. The number of carbonyl (C=O) groups is 1. The Morgan fingerprint density at radius 1 is 0.870 bits per heavy atom. The zero-order valence-electron chi connectivity index (χ0n) is 13.7. The van der Waals surface area contributed by atoms with Gasteiger partial charge in [0.05, 0.1) is 16.9 Å². The maximum atomic E-state index is 13.6. The van der Waals surface area contributed by atoms with Crippen molar-refractivity contribution in [2.24, 2.45) is 23.2 Å². The van der Waals surface area contributed by atoms with E-state index in [2.05, 4.69) is 4.90 Å².